The first-order chi connectivity index (χ1) is 8.63. The minimum atomic E-state index is -0.510. The van der Waals surface area contributed by atoms with Gasteiger partial charge in [-0.05, 0) is 35.6 Å². The Hall–Kier alpha value is -1.06. The van der Waals surface area contributed by atoms with Crippen molar-refractivity contribution in [1.29, 1.82) is 0 Å². The molecule has 0 aromatic heterocycles. The molecule has 2 aliphatic rings. The van der Waals surface area contributed by atoms with Crippen molar-refractivity contribution in [2.45, 2.75) is 38.2 Å². The van der Waals surface area contributed by atoms with Crippen LogP contribution in [0.15, 0.2) is 12.1 Å². The fourth-order valence-electron chi connectivity index (χ4n) is 2.69. The van der Waals surface area contributed by atoms with Crippen LogP contribution in [0.25, 0.3) is 0 Å². The molecule has 0 saturated heterocycles. The van der Waals surface area contributed by atoms with Gasteiger partial charge in [0.15, 0.2) is 0 Å². The average molecular weight is 266 g/mol. The Bertz CT molecular complexity index is 497. The van der Waals surface area contributed by atoms with Crippen LogP contribution in [-0.2, 0) is 11.2 Å². The van der Waals surface area contributed by atoms with Gasteiger partial charge >= 0.3 is 0 Å². The van der Waals surface area contributed by atoms with Crippen LogP contribution in [0.3, 0.4) is 0 Å². The number of fused-ring (bicyclic) bond motifs is 1. The molecular formula is C14H16ClNO2. The molecule has 18 heavy (non-hydrogen) atoms. The number of hydrogen-bond acceptors (Lipinski definition) is 2. The molecule has 96 valence electrons. The smallest absolute Gasteiger partial charge is 0.228 e. The molecule has 1 aromatic rings. The van der Waals surface area contributed by atoms with E-state index in [9.17, 15) is 9.90 Å². The Balaban J connectivity index is 1.83. The van der Waals surface area contributed by atoms with E-state index in [0.29, 0.717) is 17.4 Å². The zero-order valence-electron chi connectivity index (χ0n) is 10.1. The molecule has 1 heterocycles. The number of hydrogen-bond donors (Lipinski definition) is 2. The Morgan fingerprint density at radius 1 is 1.44 bits per heavy atom. The van der Waals surface area contributed by atoms with Gasteiger partial charge in [0.05, 0.1) is 12.5 Å². The summed E-state index contributed by atoms with van der Waals surface area (Å²) in [5, 5.41) is 13.6. The summed E-state index contributed by atoms with van der Waals surface area (Å²) in [6.45, 7) is 0. The second-order valence-corrected chi connectivity index (χ2v) is 5.71. The van der Waals surface area contributed by atoms with Crippen molar-refractivity contribution in [2.24, 2.45) is 5.92 Å². The van der Waals surface area contributed by atoms with E-state index >= 15 is 0 Å². The van der Waals surface area contributed by atoms with Crippen molar-refractivity contribution in [3.63, 3.8) is 0 Å². The predicted octanol–water partition coefficient (Wildman–Crippen LogP) is 3.06. The minimum Gasteiger partial charge on any atom is -0.388 e. The first kappa shape index (κ1) is 12.0. The standard InChI is InChI=1S/C14H16ClNO2/c15-11-7-12-9(6-14(18)16-12)5-10(11)13(17)4-8-2-1-3-8/h5,7-8,13,17H,1-4,6H2,(H,16,18). The van der Waals surface area contributed by atoms with Crippen molar-refractivity contribution in [2.75, 3.05) is 5.32 Å². The molecule has 0 radical (unpaired) electrons. The topological polar surface area (TPSA) is 49.3 Å². The molecule has 3 rings (SSSR count). The van der Waals surface area contributed by atoms with Gasteiger partial charge in [-0.2, -0.15) is 0 Å². The summed E-state index contributed by atoms with van der Waals surface area (Å²) < 4.78 is 0. The van der Waals surface area contributed by atoms with Crippen LogP contribution in [-0.4, -0.2) is 11.0 Å². The fraction of sp³-hybridized carbons (Fsp3) is 0.500. The van der Waals surface area contributed by atoms with E-state index in [1.165, 1.54) is 19.3 Å². The van der Waals surface area contributed by atoms with Crippen LogP contribution < -0.4 is 5.32 Å². The second-order valence-electron chi connectivity index (χ2n) is 5.30. The lowest BCUT2D eigenvalue weighted by Gasteiger charge is -2.28. The first-order valence-electron chi connectivity index (χ1n) is 6.43. The third kappa shape index (κ3) is 2.13. The monoisotopic (exact) mass is 265 g/mol. The molecule has 0 bridgehead atoms. The molecule has 1 atom stereocenters. The Morgan fingerprint density at radius 2 is 2.22 bits per heavy atom. The number of halogens is 1. The number of aliphatic hydroxyl groups excluding tert-OH is 1. The largest absolute Gasteiger partial charge is 0.388 e. The van der Waals surface area contributed by atoms with Gasteiger partial charge in [0.25, 0.3) is 0 Å². The van der Waals surface area contributed by atoms with Crippen molar-refractivity contribution >= 4 is 23.2 Å². The summed E-state index contributed by atoms with van der Waals surface area (Å²) in [6.07, 6.45) is 4.34. The van der Waals surface area contributed by atoms with E-state index in [1.54, 1.807) is 6.07 Å². The lowest BCUT2D eigenvalue weighted by atomic mass is 9.80. The number of nitrogens with one attached hydrogen (secondary N) is 1. The predicted molar refractivity (Wildman–Crippen MR) is 70.7 cm³/mol. The highest BCUT2D eigenvalue weighted by Gasteiger charge is 2.25. The van der Waals surface area contributed by atoms with Gasteiger partial charge in [0, 0.05) is 10.7 Å². The third-order valence-electron chi connectivity index (χ3n) is 3.99. The SMILES string of the molecule is O=C1Cc2cc(C(O)CC3CCC3)c(Cl)cc2N1. The van der Waals surface area contributed by atoms with Crippen LogP contribution in [0.1, 0.15) is 42.9 Å². The van der Waals surface area contributed by atoms with Crippen molar-refractivity contribution < 1.29 is 9.90 Å². The highest BCUT2D eigenvalue weighted by atomic mass is 35.5. The molecule has 1 unspecified atom stereocenters. The number of aliphatic hydroxyl groups is 1. The van der Waals surface area contributed by atoms with Gasteiger partial charge in [-0.25, -0.2) is 0 Å². The number of benzene rings is 1. The number of carbonyl (C=O) groups is 1. The highest BCUT2D eigenvalue weighted by Crippen LogP contribution is 2.38. The highest BCUT2D eigenvalue weighted by molar-refractivity contribution is 6.32. The maximum Gasteiger partial charge on any atom is 0.228 e. The van der Waals surface area contributed by atoms with Crippen molar-refractivity contribution in [1.82, 2.24) is 0 Å². The van der Waals surface area contributed by atoms with E-state index in [4.69, 9.17) is 11.6 Å². The van der Waals surface area contributed by atoms with Gasteiger partial charge < -0.3 is 10.4 Å². The lowest BCUT2D eigenvalue weighted by Crippen LogP contribution is -2.15. The van der Waals surface area contributed by atoms with E-state index in [0.717, 1.165) is 23.2 Å². The summed E-state index contributed by atoms with van der Waals surface area (Å²) in [4.78, 5) is 11.3. The number of amides is 1. The van der Waals surface area contributed by atoms with E-state index in [2.05, 4.69) is 5.32 Å². The summed E-state index contributed by atoms with van der Waals surface area (Å²) in [5.74, 6) is 0.621. The Morgan fingerprint density at radius 3 is 2.89 bits per heavy atom. The minimum absolute atomic E-state index is 0.00769. The zero-order valence-corrected chi connectivity index (χ0v) is 10.8. The first-order valence-corrected chi connectivity index (χ1v) is 6.81. The van der Waals surface area contributed by atoms with Crippen LogP contribution in [0.4, 0.5) is 5.69 Å². The van der Waals surface area contributed by atoms with Gasteiger partial charge in [-0.15, -0.1) is 0 Å². The van der Waals surface area contributed by atoms with Crippen molar-refractivity contribution in [3.05, 3.63) is 28.3 Å². The van der Waals surface area contributed by atoms with Gasteiger partial charge in [0.2, 0.25) is 5.91 Å². The molecule has 1 aliphatic heterocycles. The number of anilines is 1. The molecule has 1 aliphatic carbocycles. The molecule has 0 spiro atoms. The quantitative estimate of drug-likeness (QED) is 0.882. The van der Waals surface area contributed by atoms with Crippen molar-refractivity contribution in [3.8, 4) is 0 Å². The average Bonchev–Trinajstić information content (AvgIpc) is 2.61. The van der Waals surface area contributed by atoms with Crippen LogP contribution >= 0.6 is 11.6 Å². The molecular weight excluding hydrogens is 250 g/mol. The maximum atomic E-state index is 11.3. The number of rotatable bonds is 3. The van der Waals surface area contributed by atoms with Crippen LogP contribution in [0, 0.1) is 5.92 Å². The van der Waals surface area contributed by atoms with Gasteiger partial charge in [-0.3, -0.25) is 4.79 Å². The third-order valence-corrected chi connectivity index (χ3v) is 4.32. The van der Waals surface area contributed by atoms with Gasteiger partial charge in [-0.1, -0.05) is 30.9 Å². The Labute approximate surface area is 111 Å². The molecule has 2 N–H and O–H groups in total. The molecule has 1 aromatic carbocycles. The molecule has 1 fully saturated rings. The van der Waals surface area contributed by atoms with E-state index in [1.807, 2.05) is 6.07 Å². The van der Waals surface area contributed by atoms with Crippen LogP contribution in [0.5, 0.6) is 0 Å². The summed E-state index contributed by atoms with van der Waals surface area (Å²) in [6, 6.07) is 3.63. The molecule has 3 nitrogen and oxygen atoms in total. The van der Waals surface area contributed by atoms with Gasteiger partial charge in [0.1, 0.15) is 0 Å². The molecule has 1 amide bonds. The second kappa shape index (κ2) is 4.56. The zero-order chi connectivity index (χ0) is 12.7. The fourth-order valence-corrected chi connectivity index (χ4v) is 2.98. The Kier molecular flexibility index (Phi) is 3.04. The van der Waals surface area contributed by atoms with E-state index < -0.39 is 6.10 Å². The molecule has 1 saturated carbocycles. The summed E-state index contributed by atoms with van der Waals surface area (Å²) >= 11 is 6.18. The van der Waals surface area contributed by atoms with Crippen LogP contribution in [0.2, 0.25) is 5.02 Å². The summed E-state index contributed by atoms with van der Waals surface area (Å²) in [7, 11) is 0. The maximum absolute atomic E-state index is 11.3. The summed E-state index contributed by atoms with van der Waals surface area (Å²) in [5.41, 5.74) is 2.48. The number of carbonyl (C=O) groups excluding carboxylic acids is 1. The lowest BCUT2D eigenvalue weighted by molar-refractivity contribution is -0.115. The normalized spacial score (nSPS) is 20.2. The molecule has 4 heteroatoms. The van der Waals surface area contributed by atoms with E-state index in [-0.39, 0.29) is 5.91 Å².